The van der Waals surface area contributed by atoms with Crippen LogP contribution in [0.2, 0.25) is 0 Å². The summed E-state index contributed by atoms with van der Waals surface area (Å²) in [5.41, 5.74) is 1.46. The van der Waals surface area contributed by atoms with Crippen LogP contribution in [-0.4, -0.2) is 6.29 Å². The lowest BCUT2D eigenvalue weighted by Crippen LogP contribution is -2.26. The Morgan fingerprint density at radius 3 is 2.85 bits per heavy atom. The van der Waals surface area contributed by atoms with Crippen LogP contribution in [-0.2, 0) is 4.79 Å². The summed E-state index contributed by atoms with van der Waals surface area (Å²) in [6.07, 6.45) is 6.93. The first kappa shape index (κ1) is 10.5. The molecule has 0 unspecified atom stereocenters. The molecule has 0 bridgehead atoms. The summed E-state index contributed by atoms with van der Waals surface area (Å²) in [6, 6.07) is 0. The highest BCUT2D eigenvalue weighted by atomic mass is 16.1. The van der Waals surface area contributed by atoms with Crippen LogP contribution in [0.3, 0.4) is 0 Å². The molecule has 0 aliphatic heterocycles. The second-order valence-electron chi connectivity index (χ2n) is 4.34. The van der Waals surface area contributed by atoms with E-state index in [-0.39, 0.29) is 5.92 Å². The van der Waals surface area contributed by atoms with E-state index in [2.05, 4.69) is 26.8 Å². The van der Waals surface area contributed by atoms with Gasteiger partial charge in [-0.05, 0) is 31.6 Å². The van der Waals surface area contributed by atoms with Crippen LogP contribution in [0.15, 0.2) is 11.6 Å². The van der Waals surface area contributed by atoms with Gasteiger partial charge in [-0.25, -0.2) is 0 Å². The van der Waals surface area contributed by atoms with Crippen molar-refractivity contribution in [1.82, 2.24) is 0 Å². The van der Waals surface area contributed by atoms with Gasteiger partial charge in [-0.2, -0.15) is 0 Å². The van der Waals surface area contributed by atoms with E-state index < -0.39 is 0 Å². The first-order valence-corrected chi connectivity index (χ1v) is 5.31. The SMILES string of the molecule is CCC[C@H]1CC(C)=C[C@@H](C)[C@H]1C=O. The van der Waals surface area contributed by atoms with Gasteiger partial charge in [-0.1, -0.05) is 31.9 Å². The van der Waals surface area contributed by atoms with Gasteiger partial charge in [0.1, 0.15) is 6.29 Å². The van der Waals surface area contributed by atoms with Crippen LogP contribution < -0.4 is 0 Å². The van der Waals surface area contributed by atoms with Crippen molar-refractivity contribution in [3.63, 3.8) is 0 Å². The zero-order chi connectivity index (χ0) is 9.84. The molecule has 0 amide bonds. The van der Waals surface area contributed by atoms with Crippen LogP contribution >= 0.6 is 0 Å². The topological polar surface area (TPSA) is 17.1 Å². The molecule has 1 aliphatic carbocycles. The quantitative estimate of drug-likeness (QED) is 0.481. The molecule has 1 rings (SSSR count). The normalized spacial score (nSPS) is 34.1. The Morgan fingerprint density at radius 1 is 1.62 bits per heavy atom. The fourth-order valence-corrected chi connectivity index (χ4v) is 2.51. The van der Waals surface area contributed by atoms with Crippen LogP contribution in [0.5, 0.6) is 0 Å². The largest absolute Gasteiger partial charge is 0.303 e. The van der Waals surface area contributed by atoms with E-state index in [0.717, 1.165) is 12.7 Å². The number of allylic oxidation sites excluding steroid dienone is 2. The zero-order valence-corrected chi connectivity index (χ0v) is 8.92. The Labute approximate surface area is 81.2 Å². The first-order valence-electron chi connectivity index (χ1n) is 5.31. The van der Waals surface area contributed by atoms with Gasteiger partial charge in [0, 0.05) is 5.92 Å². The Balaban J connectivity index is 2.72. The molecular weight excluding hydrogens is 160 g/mol. The highest BCUT2D eigenvalue weighted by molar-refractivity contribution is 5.56. The molecule has 0 aromatic heterocycles. The molecule has 0 heterocycles. The maximum absolute atomic E-state index is 10.9. The van der Waals surface area contributed by atoms with E-state index in [9.17, 15) is 4.79 Å². The van der Waals surface area contributed by atoms with Crippen LogP contribution in [0.4, 0.5) is 0 Å². The number of hydrogen-bond donors (Lipinski definition) is 0. The summed E-state index contributed by atoms with van der Waals surface area (Å²) in [5.74, 6) is 1.31. The Bertz CT molecular complexity index is 205. The number of aldehydes is 1. The summed E-state index contributed by atoms with van der Waals surface area (Å²) < 4.78 is 0. The van der Waals surface area contributed by atoms with E-state index in [4.69, 9.17) is 0 Å². The second-order valence-corrected chi connectivity index (χ2v) is 4.34. The van der Waals surface area contributed by atoms with Crippen molar-refractivity contribution in [3.05, 3.63) is 11.6 Å². The number of hydrogen-bond acceptors (Lipinski definition) is 1. The highest BCUT2D eigenvalue weighted by Gasteiger charge is 2.28. The average Bonchev–Trinajstić information content (AvgIpc) is 2.04. The lowest BCUT2D eigenvalue weighted by molar-refractivity contribution is -0.113. The van der Waals surface area contributed by atoms with E-state index in [1.807, 2.05) is 0 Å². The molecule has 3 atom stereocenters. The Kier molecular flexibility index (Phi) is 3.71. The van der Waals surface area contributed by atoms with Gasteiger partial charge >= 0.3 is 0 Å². The maximum Gasteiger partial charge on any atom is 0.123 e. The minimum Gasteiger partial charge on any atom is -0.303 e. The molecule has 0 saturated heterocycles. The molecule has 0 aromatic carbocycles. The summed E-state index contributed by atoms with van der Waals surface area (Å²) in [6.45, 7) is 6.53. The maximum atomic E-state index is 10.9. The predicted octanol–water partition coefficient (Wildman–Crippen LogP) is 3.20. The molecule has 13 heavy (non-hydrogen) atoms. The average molecular weight is 180 g/mol. The minimum atomic E-state index is 0.267. The van der Waals surface area contributed by atoms with E-state index >= 15 is 0 Å². The lowest BCUT2D eigenvalue weighted by atomic mass is 9.73. The van der Waals surface area contributed by atoms with Gasteiger partial charge in [0.05, 0.1) is 0 Å². The zero-order valence-electron chi connectivity index (χ0n) is 8.92. The molecule has 74 valence electrons. The molecule has 0 fully saturated rings. The van der Waals surface area contributed by atoms with Crippen molar-refractivity contribution in [2.75, 3.05) is 0 Å². The molecule has 0 aromatic rings. The summed E-state index contributed by atoms with van der Waals surface area (Å²) >= 11 is 0. The number of rotatable bonds is 3. The number of carbonyl (C=O) groups is 1. The summed E-state index contributed by atoms with van der Waals surface area (Å²) in [5, 5.41) is 0. The van der Waals surface area contributed by atoms with Gasteiger partial charge in [0.2, 0.25) is 0 Å². The van der Waals surface area contributed by atoms with Gasteiger partial charge in [-0.15, -0.1) is 0 Å². The van der Waals surface area contributed by atoms with Gasteiger partial charge in [-0.3, -0.25) is 0 Å². The van der Waals surface area contributed by atoms with Crippen molar-refractivity contribution < 1.29 is 4.79 Å². The molecule has 0 saturated carbocycles. The Hall–Kier alpha value is -0.590. The van der Waals surface area contributed by atoms with Crippen molar-refractivity contribution in [2.45, 2.75) is 40.0 Å². The second kappa shape index (κ2) is 4.59. The summed E-state index contributed by atoms with van der Waals surface area (Å²) in [7, 11) is 0. The molecule has 1 heteroatoms. The lowest BCUT2D eigenvalue weighted by Gasteiger charge is -2.31. The monoisotopic (exact) mass is 180 g/mol. The first-order chi connectivity index (χ1) is 6.19. The van der Waals surface area contributed by atoms with Gasteiger partial charge in [0.25, 0.3) is 0 Å². The fraction of sp³-hybridized carbons (Fsp3) is 0.750. The molecule has 1 aliphatic rings. The van der Waals surface area contributed by atoms with E-state index in [1.54, 1.807) is 0 Å². The van der Waals surface area contributed by atoms with Crippen molar-refractivity contribution in [3.8, 4) is 0 Å². The Morgan fingerprint density at radius 2 is 2.31 bits per heavy atom. The van der Waals surface area contributed by atoms with Gasteiger partial charge < -0.3 is 4.79 Å². The molecule has 0 N–H and O–H groups in total. The van der Waals surface area contributed by atoms with Crippen LogP contribution in [0.1, 0.15) is 40.0 Å². The smallest absolute Gasteiger partial charge is 0.123 e. The van der Waals surface area contributed by atoms with E-state index in [0.29, 0.717) is 11.8 Å². The molecule has 0 spiro atoms. The minimum absolute atomic E-state index is 0.267. The molecule has 0 radical (unpaired) electrons. The number of carbonyl (C=O) groups excluding carboxylic acids is 1. The van der Waals surface area contributed by atoms with Crippen molar-refractivity contribution >= 4 is 6.29 Å². The van der Waals surface area contributed by atoms with Crippen molar-refractivity contribution in [1.29, 1.82) is 0 Å². The fourth-order valence-electron chi connectivity index (χ4n) is 2.51. The predicted molar refractivity (Wildman–Crippen MR) is 55.5 cm³/mol. The third kappa shape index (κ3) is 2.43. The standard InChI is InChI=1S/C12H20O/c1-4-5-11-7-9(2)6-10(3)12(11)8-13/h6,8,10-12H,4-5,7H2,1-3H3/t10-,11+,12-/m1/s1. The third-order valence-electron chi connectivity index (χ3n) is 3.10. The van der Waals surface area contributed by atoms with Crippen molar-refractivity contribution in [2.24, 2.45) is 17.8 Å². The van der Waals surface area contributed by atoms with Crippen LogP contribution in [0, 0.1) is 17.8 Å². The van der Waals surface area contributed by atoms with Crippen LogP contribution in [0.25, 0.3) is 0 Å². The highest BCUT2D eigenvalue weighted by Crippen LogP contribution is 2.34. The molecule has 1 nitrogen and oxygen atoms in total. The third-order valence-corrected chi connectivity index (χ3v) is 3.10. The van der Waals surface area contributed by atoms with Gasteiger partial charge in [0.15, 0.2) is 0 Å². The summed E-state index contributed by atoms with van der Waals surface area (Å²) in [4.78, 5) is 10.9. The molecular formula is C12H20O. The van der Waals surface area contributed by atoms with E-state index in [1.165, 1.54) is 18.4 Å².